The van der Waals surface area contributed by atoms with E-state index in [1.54, 1.807) is 0 Å². The lowest BCUT2D eigenvalue weighted by atomic mass is 10.0. The van der Waals surface area contributed by atoms with Crippen molar-refractivity contribution in [1.82, 2.24) is 4.98 Å². The van der Waals surface area contributed by atoms with Crippen molar-refractivity contribution >= 4 is 23.2 Å². The van der Waals surface area contributed by atoms with Crippen LogP contribution < -0.4 is 10.1 Å². The number of halogens is 7. The van der Waals surface area contributed by atoms with Gasteiger partial charge in [-0.3, -0.25) is 9.78 Å². The van der Waals surface area contributed by atoms with Crippen LogP contribution in [0.15, 0.2) is 60.8 Å². The van der Waals surface area contributed by atoms with E-state index in [0.29, 0.717) is 0 Å². The molecule has 3 rings (SSSR count). The number of carbonyl (C=O) groups is 1. The van der Waals surface area contributed by atoms with Crippen LogP contribution in [0, 0.1) is 0 Å². The van der Waals surface area contributed by atoms with E-state index in [-0.39, 0.29) is 27.5 Å². The molecule has 0 bridgehead atoms. The van der Waals surface area contributed by atoms with Crippen molar-refractivity contribution in [2.24, 2.45) is 0 Å². The largest absolute Gasteiger partial charge is 0.573 e. The van der Waals surface area contributed by atoms with Crippen LogP contribution in [-0.4, -0.2) is 17.3 Å². The number of nitrogens with one attached hydrogen (secondary N) is 1. The number of ether oxygens (including phenoxy) is 1. The third kappa shape index (κ3) is 5.66. The number of nitrogens with zero attached hydrogens (tertiary/aromatic N) is 1. The number of rotatable bonds is 4. The summed E-state index contributed by atoms with van der Waals surface area (Å²) in [6.07, 6.45) is -8.30. The predicted octanol–water partition coefficient (Wildman–Crippen LogP) is 6.57. The number of hydrogen-bond donors (Lipinski definition) is 1. The van der Waals surface area contributed by atoms with Gasteiger partial charge in [-0.15, -0.1) is 13.2 Å². The average Bonchev–Trinajstić information content (AvgIpc) is 2.67. The number of hydrogen-bond acceptors (Lipinski definition) is 3. The van der Waals surface area contributed by atoms with Gasteiger partial charge in [-0.1, -0.05) is 17.7 Å². The summed E-state index contributed by atoms with van der Waals surface area (Å²) in [6.45, 7) is 0. The van der Waals surface area contributed by atoms with E-state index in [4.69, 9.17) is 11.6 Å². The lowest BCUT2D eigenvalue weighted by Crippen LogP contribution is -2.17. The molecule has 0 aliphatic heterocycles. The van der Waals surface area contributed by atoms with Crippen molar-refractivity contribution in [3.63, 3.8) is 0 Å². The molecule has 0 aliphatic rings. The monoisotopic (exact) mass is 460 g/mol. The van der Waals surface area contributed by atoms with E-state index in [9.17, 15) is 31.1 Å². The van der Waals surface area contributed by atoms with Gasteiger partial charge in [0.1, 0.15) is 5.75 Å². The minimum Gasteiger partial charge on any atom is -0.406 e. The lowest BCUT2D eigenvalue weighted by Gasteiger charge is -2.13. The second kappa shape index (κ2) is 8.46. The maximum Gasteiger partial charge on any atom is 0.573 e. The summed E-state index contributed by atoms with van der Waals surface area (Å²) in [5.74, 6) is -1.14. The summed E-state index contributed by atoms with van der Waals surface area (Å²) in [7, 11) is 0. The van der Waals surface area contributed by atoms with Gasteiger partial charge >= 0.3 is 12.5 Å². The Bertz CT molecular complexity index is 1100. The number of alkyl halides is 6. The van der Waals surface area contributed by atoms with Gasteiger partial charge in [0.05, 0.1) is 16.3 Å². The first-order valence-electron chi connectivity index (χ1n) is 8.43. The average molecular weight is 461 g/mol. The van der Waals surface area contributed by atoms with Crippen LogP contribution in [0.2, 0.25) is 5.02 Å². The molecule has 0 atom stereocenters. The molecule has 0 aliphatic carbocycles. The van der Waals surface area contributed by atoms with Crippen molar-refractivity contribution < 1.29 is 35.9 Å². The third-order valence-electron chi connectivity index (χ3n) is 3.95. The molecule has 1 heterocycles. The van der Waals surface area contributed by atoms with E-state index in [1.807, 2.05) is 0 Å². The Morgan fingerprint density at radius 2 is 1.65 bits per heavy atom. The summed E-state index contributed by atoms with van der Waals surface area (Å²) in [6, 6.07) is 10.1. The molecular formula is C20H11ClF6N2O2. The summed E-state index contributed by atoms with van der Waals surface area (Å²) in [4.78, 5) is 16.1. The van der Waals surface area contributed by atoms with Gasteiger partial charge in [0.2, 0.25) is 0 Å². The quantitative estimate of drug-likeness (QED) is 0.448. The molecule has 1 aromatic heterocycles. The van der Waals surface area contributed by atoms with Gasteiger partial charge in [-0.25, -0.2) is 0 Å². The molecule has 0 spiro atoms. The molecule has 31 heavy (non-hydrogen) atoms. The number of pyridine rings is 1. The summed E-state index contributed by atoms with van der Waals surface area (Å²) in [5.41, 5.74) is -1.18. The fourth-order valence-electron chi connectivity index (χ4n) is 2.64. The van der Waals surface area contributed by atoms with Crippen LogP contribution >= 0.6 is 11.6 Å². The Morgan fingerprint density at radius 1 is 0.968 bits per heavy atom. The molecular weight excluding hydrogens is 450 g/mol. The Hall–Kier alpha value is -3.27. The van der Waals surface area contributed by atoms with Gasteiger partial charge in [-0.05, 0) is 48.5 Å². The fraction of sp³-hybridized carbons (Fsp3) is 0.100. The summed E-state index contributed by atoms with van der Waals surface area (Å²) < 4.78 is 79.9. The van der Waals surface area contributed by atoms with Crippen LogP contribution in [0.4, 0.5) is 32.0 Å². The first-order chi connectivity index (χ1) is 14.4. The lowest BCUT2D eigenvalue weighted by molar-refractivity contribution is -0.274. The zero-order valence-corrected chi connectivity index (χ0v) is 15.9. The standard InChI is InChI=1S/C20H11ClF6N2O2/c21-16-10-11(3-8-14(16)17-15(19(22,23)24)2-1-9-28-17)18(30)29-12-4-6-13(7-5-12)31-20(25,26)27/h1-10H,(H,29,30). The number of carbonyl (C=O) groups excluding carboxylic acids is 1. The molecule has 0 fully saturated rings. The molecule has 0 saturated carbocycles. The Labute approximate surface area is 176 Å². The van der Waals surface area contributed by atoms with Crippen LogP contribution in [0.1, 0.15) is 15.9 Å². The van der Waals surface area contributed by atoms with Crippen molar-refractivity contribution in [3.05, 3.63) is 76.9 Å². The van der Waals surface area contributed by atoms with Gasteiger partial charge in [-0.2, -0.15) is 13.2 Å². The highest BCUT2D eigenvalue weighted by Crippen LogP contribution is 2.38. The topological polar surface area (TPSA) is 51.2 Å². The molecule has 4 nitrogen and oxygen atoms in total. The first kappa shape index (κ1) is 22.4. The molecule has 1 N–H and O–H groups in total. The first-order valence-corrected chi connectivity index (χ1v) is 8.81. The molecule has 0 radical (unpaired) electrons. The van der Waals surface area contributed by atoms with E-state index in [0.717, 1.165) is 24.3 Å². The molecule has 0 saturated heterocycles. The van der Waals surface area contributed by atoms with Gasteiger partial charge in [0.25, 0.3) is 5.91 Å². The maximum absolute atomic E-state index is 13.2. The molecule has 3 aromatic rings. The minimum absolute atomic E-state index is 0.0141. The molecule has 162 valence electrons. The van der Waals surface area contributed by atoms with Crippen molar-refractivity contribution in [3.8, 4) is 17.0 Å². The van der Waals surface area contributed by atoms with Gasteiger partial charge in [0.15, 0.2) is 0 Å². The second-order valence-electron chi connectivity index (χ2n) is 6.12. The number of anilines is 1. The van der Waals surface area contributed by atoms with Crippen LogP contribution in [0.3, 0.4) is 0 Å². The summed E-state index contributed by atoms with van der Waals surface area (Å²) >= 11 is 6.10. The van der Waals surface area contributed by atoms with Crippen LogP contribution in [-0.2, 0) is 6.18 Å². The Morgan fingerprint density at radius 3 is 2.23 bits per heavy atom. The highest BCUT2D eigenvalue weighted by atomic mass is 35.5. The highest BCUT2D eigenvalue weighted by molar-refractivity contribution is 6.33. The molecule has 2 aromatic carbocycles. The van der Waals surface area contributed by atoms with Gasteiger partial charge < -0.3 is 10.1 Å². The van der Waals surface area contributed by atoms with E-state index < -0.39 is 29.8 Å². The second-order valence-corrected chi connectivity index (χ2v) is 6.53. The molecule has 11 heteroatoms. The van der Waals surface area contributed by atoms with E-state index in [1.165, 1.54) is 36.5 Å². The third-order valence-corrected chi connectivity index (χ3v) is 4.26. The fourth-order valence-corrected chi connectivity index (χ4v) is 2.91. The predicted molar refractivity (Wildman–Crippen MR) is 101 cm³/mol. The van der Waals surface area contributed by atoms with Crippen molar-refractivity contribution in [2.75, 3.05) is 5.32 Å². The zero-order chi connectivity index (χ0) is 22.8. The SMILES string of the molecule is O=C(Nc1ccc(OC(F)(F)F)cc1)c1ccc(-c2ncccc2C(F)(F)F)c(Cl)c1. The minimum atomic E-state index is -4.84. The zero-order valence-electron chi connectivity index (χ0n) is 15.2. The maximum atomic E-state index is 13.2. The normalized spacial score (nSPS) is 11.8. The highest BCUT2D eigenvalue weighted by Gasteiger charge is 2.35. The Kier molecular flexibility index (Phi) is 6.12. The van der Waals surface area contributed by atoms with Crippen molar-refractivity contribution in [1.29, 1.82) is 0 Å². The van der Waals surface area contributed by atoms with E-state index in [2.05, 4.69) is 15.0 Å². The summed E-state index contributed by atoms with van der Waals surface area (Å²) in [5, 5.41) is 2.31. The van der Waals surface area contributed by atoms with Crippen LogP contribution in [0.25, 0.3) is 11.3 Å². The van der Waals surface area contributed by atoms with Gasteiger partial charge in [0, 0.05) is 23.0 Å². The number of amides is 1. The van der Waals surface area contributed by atoms with Crippen LogP contribution in [0.5, 0.6) is 5.75 Å². The smallest absolute Gasteiger partial charge is 0.406 e. The molecule has 1 amide bonds. The number of aromatic nitrogens is 1. The van der Waals surface area contributed by atoms with E-state index >= 15 is 0 Å². The number of benzene rings is 2. The van der Waals surface area contributed by atoms with Crippen molar-refractivity contribution in [2.45, 2.75) is 12.5 Å². The molecule has 0 unspecified atom stereocenters. The Balaban J connectivity index is 1.80.